The summed E-state index contributed by atoms with van der Waals surface area (Å²) in [6.45, 7) is 0.524. The summed E-state index contributed by atoms with van der Waals surface area (Å²) >= 11 is 11.9. The average Bonchev–Trinajstić information content (AvgIpc) is 2.37. The van der Waals surface area contributed by atoms with Crippen LogP contribution in [0.1, 0.15) is 19.3 Å². The normalized spacial score (nSPS) is 20.4. The van der Waals surface area contributed by atoms with Gasteiger partial charge in [-0.15, -0.1) is 0 Å². The lowest BCUT2D eigenvalue weighted by Crippen LogP contribution is -2.40. The largest absolute Gasteiger partial charge is 0.481 e. The van der Waals surface area contributed by atoms with Crippen LogP contribution in [0, 0.1) is 5.92 Å². The summed E-state index contributed by atoms with van der Waals surface area (Å²) in [6.07, 6.45) is 1.29. The van der Waals surface area contributed by atoms with Crippen molar-refractivity contribution in [3.63, 3.8) is 0 Å². The fourth-order valence-electron chi connectivity index (χ4n) is 2.52. The van der Waals surface area contributed by atoms with Gasteiger partial charge in [-0.3, -0.25) is 4.79 Å². The minimum Gasteiger partial charge on any atom is -0.481 e. The molecule has 2 rings (SSSR count). The lowest BCUT2D eigenvalue weighted by molar-refractivity contribution is -0.138. The number of hydrogen-bond donors (Lipinski definition) is 1. The van der Waals surface area contributed by atoms with E-state index in [0.717, 1.165) is 0 Å². The van der Waals surface area contributed by atoms with E-state index in [1.54, 1.807) is 6.07 Å². The Morgan fingerprint density at radius 3 is 2.52 bits per heavy atom. The minimum absolute atomic E-state index is 0.0394. The Morgan fingerprint density at radius 1 is 1.33 bits per heavy atom. The van der Waals surface area contributed by atoms with Crippen molar-refractivity contribution in [1.82, 2.24) is 4.31 Å². The van der Waals surface area contributed by atoms with Crippen LogP contribution in [0.15, 0.2) is 23.1 Å². The number of piperidine rings is 1. The molecule has 1 atom stereocenters. The number of hydrogen-bond acceptors (Lipinski definition) is 3. The third kappa shape index (κ3) is 3.69. The first-order valence-electron chi connectivity index (χ1n) is 6.48. The molecule has 1 aromatic carbocycles. The molecule has 1 aliphatic heterocycles. The van der Waals surface area contributed by atoms with Gasteiger partial charge in [-0.05, 0) is 30.9 Å². The molecule has 1 heterocycles. The van der Waals surface area contributed by atoms with E-state index in [1.807, 2.05) is 0 Å². The summed E-state index contributed by atoms with van der Waals surface area (Å²) < 4.78 is 26.6. The Balaban J connectivity index is 2.29. The van der Waals surface area contributed by atoms with Crippen molar-refractivity contribution in [2.75, 3.05) is 13.1 Å². The second-order valence-corrected chi connectivity index (χ2v) is 7.71. The summed E-state index contributed by atoms with van der Waals surface area (Å²) in [5.41, 5.74) is 0. The molecule has 8 heteroatoms. The van der Waals surface area contributed by atoms with Gasteiger partial charge >= 0.3 is 5.97 Å². The smallest absolute Gasteiger partial charge is 0.303 e. The molecular formula is C13H15Cl2NO4S. The third-order valence-corrected chi connectivity index (χ3v) is 6.28. The number of rotatable bonds is 4. The van der Waals surface area contributed by atoms with Gasteiger partial charge in [0.05, 0.1) is 10.0 Å². The van der Waals surface area contributed by atoms with E-state index in [0.29, 0.717) is 19.4 Å². The number of halogens is 2. The molecule has 0 saturated carbocycles. The van der Waals surface area contributed by atoms with Crippen molar-refractivity contribution < 1.29 is 18.3 Å². The lowest BCUT2D eigenvalue weighted by Gasteiger charge is -2.31. The van der Waals surface area contributed by atoms with E-state index in [4.69, 9.17) is 28.3 Å². The monoisotopic (exact) mass is 351 g/mol. The quantitative estimate of drug-likeness (QED) is 0.904. The van der Waals surface area contributed by atoms with Crippen LogP contribution in [0.3, 0.4) is 0 Å². The molecule has 1 aliphatic rings. The second-order valence-electron chi connectivity index (χ2n) is 5.02. The van der Waals surface area contributed by atoms with Crippen molar-refractivity contribution in [3.8, 4) is 0 Å². The zero-order valence-corrected chi connectivity index (χ0v) is 13.5. The number of carboxylic acid groups (broad SMARTS) is 1. The SMILES string of the molecule is O=C(O)CC1CCCN(S(=O)(=O)c2c(Cl)cccc2Cl)C1. The van der Waals surface area contributed by atoms with E-state index in [9.17, 15) is 13.2 Å². The van der Waals surface area contributed by atoms with Gasteiger partial charge in [0.25, 0.3) is 0 Å². The number of aliphatic carboxylic acids is 1. The number of benzene rings is 1. The summed E-state index contributed by atoms with van der Waals surface area (Å²) in [4.78, 5) is 10.7. The molecule has 0 aliphatic carbocycles. The predicted octanol–water partition coefficient (Wildman–Crippen LogP) is 2.87. The summed E-state index contributed by atoms with van der Waals surface area (Å²) in [5, 5.41) is 8.99. The maximum atomic E-state index is 12.7. The van der Waals surface area contributed by atoms with Gasteiger partial charge in [0.15, 0.2) is 0 Å². The van der Waals surface area contributed by atoms with Gasteiger partial charge < -0.3 is 5.11 Å². The third-order valence-electron chi connectivity index (χ3n) is 3.46. The van der Waals surface area contributed by atoms with Crippen molar-refractivity contribution in [2.45, 2.75) is 24.2 Å². The van der Waals surface area contributed by atoms with Crippen LogP contribution < -0.4 is 0 Å². The number of carboxylic acids is 1. The van der Waals surface area contributed by atoms with Crippen LogP contribution in [0.5, 0.6) is 0 Å². The number of nitrogens with zero attached hydrogens (tertiary/aromatic N) is 1. The standard InChI is InChI=1S/C13H15Cl2NO4S/c14-10-4-1-5-11(15)13(10)21(19,20)16-6-2-3-9(8-16)7-12(17)18/h1,4-5,9H,2-3,6-8H2,(H,17,18). The minimum atomic E-state index is -3.82. The van der Waals surface area contributed by atoms with E-state index in [1.165, 1.54) is 16.4 Å². The Kier molecular flexibility index (Phi) is 5.14. The molecule has 0 spiro atoms. The molecule has 1 saturated heterocycles. The summed E-state index contributed by atoms with van der Waals surface area (Å²) in [7, 11) is -3.82. The van der Waals surface area contributed by atoms with Gasteiger partial charge in [-0.1, -0.05) is 29.3 Å². The zero-order chi connectivity index (χ0) is 15.6. The van der Waals surface area contributed by atoms with Gasteiger partial charge in [0.1, 0.15) is 4.90 Å². The van der Waals surface area contributed by atoms with Gasteiger partial charge in [-0.25, -0.2) is 8.42 Å². The van der Waals surface area contributed by atoms with Crippen molar-refractivity contribution >= 4 is 39.2 Å². The van der Waals surface area contributed by atoms with Crippen LogP contribution >= 0.6 is 23.2 Å². The highest BCUT2D eigenvalue weighted by Crippen LogP contribution is 2.33. The molecule has 0 radical (unpaired) electrons. The molecular weight excluding hydrogens is 337 g/mol. The molecule has 21 heavy (non-hydrogen) atoms. The molecule has 116 valence electrons. The average molecular weight is 352 g/mol. The summed E-state index contributed by atoms with van der Waals surface area (Å²) in [6, 6.07) is 4.52. The van der Waals surface area contributed by atoms with E-state index in [-0.39, 0.29) is 33.8 Å². The first-order chi connectivity index (χ1) is 9.82. The van der Waals surface area contributed by atoms with E-state index in [2.05, 4.69) is 0 Å². The highest BCUT2D eigenvalue weighted by atomic mass is 35.5. The Bertz CT molecular complexity index is 627. The van der Waals surface area contributed by atoms with Crippen molar-refractivity contribution in [1.29, 1.82) is 0 Å². The molecule has 1 unspecified atom stereocenters. The van der Waals surface area contributed by atoms with E-state index >= 15 is 0 Å². The molecule has 0 aromatic heterocycles. The van der Waals surface area contributed by atoms with Crippen LogP contribution in [-0.4, -0.2) is 36.9 Å². The molecule has 1 N–H and O–H groups in total. The van der Waals surface area contributed by atoms with Gasteiger partial charge in [0, 0.05) is 19.5 Å². The van der Waals surface area contributed by atoms with Crippen molar-refractivity contribution in [3.05, 3.63) is 28.2 Å². The zero-order valence-electron chi connectivity index (χ0n) is 11.1. The van der Waals surface area contributed by atoms with Crippen LogP contribution in [0.2, 0.25) is 10.0 Å². The van der Waals surface area contributed by atoms with Crippen LogP contribution in [-0.2, 0) is 14.8 Å². The molecule has 1 aromatic rings. The fourth-order valence-corrected chi connectivity index (χ4v) is 5.16. The lowest BCUT2D eigenvalue weighted by atomic mass is 9.96. The number of carbonyl (C=O) groups is 1. The molecule has 0 amide bonds. The fraction of sp³-hybridized carbons (Fsp3) is 0.462. The molecule has 5 nitrogen and oxygen atoms in total. The van der Waals surface area contributed by atoms with Crippen molar-refractivity contribution in [2.24, 2.45) is 5.92 Å². The maximum absolute atomic E-state index is 12.7. The number of sulfonamides is 1. The first-order valence-corrected chi connectivity index (χ1v) is 8.68. The van der Waals surface area contributed by atoms with Crippen LogP contribution in [0.4, 0.5) is 0 Å². The summed E-state index contributed by atoms with van der Waals surface area (Å²) in [5.74, 6) is -1.11. The van der Waals surface area contributed by atoms with E-state index < -0.39 is 16.0 Å². The second kappa shape index (κ2) is 6.52. The first kappa shape index (κ1) is 16.5. The molecule has 1 fully saturated rings. The highest BCUT2D eigenvalue weighted by molar-refractivity contribution is 7.89. The topological polar surface area (TPSA) is 74.7 Å². The predicted molar refractivity (Wildman–Crippen MR) is 80.2 cm³/mol. The Morgan fingerprint density at radius 2 is 1.95 bits per heavy atom. The Labute approximate surface area is 133 Å². The van der Waals surface area contributed by atoms with Crippen LogP contribution in [0.25, 0.3) is 0 Å². The van der Waals surface area contributed by atoms with Gasteiger partial charge in [0.2, 0.25) is 10.0 Å². The highest BCUT2D eigenvalue weighted by Gasteiger charge is 2.33. The Hall–Kier alpha value is -0.820. The van der Waals surface area contributed by atoms with Gasteiger partial charge in [-0.2, -0.15) is 4.31 Å². The molecule has 0 bridgehead atoms. The maximum Gasteiger partial charge on any atom is 0.303 e.